The summed E-state index contributed by atoms with van der Waals surface area (Å²) in [6, 6.07) is 6.91. The number of nitrogens with zero attached hydrogens (tertiary/aromatic N) is 2. The van der Waals surface area contributed by atoms with E-state index in [-0.39, 0.29) is 23.7 Å². The maximum absolute atomic E-state index is 13.0. The third-order valence-corrected chi connectivity index (χ3v) is 6.10. The second-order valence-corrected chi connectivity index (χ2v) is 8.67. The Hall–Kier alpha value is -2.81. The molecule has 1 aliphatic rings. The second-order valence-electron chi connectivity index (χ2n) is 6.66. The highest BCUT2D eigenvalue weighted by Crippen LogP contribution is 2.28. The van der Waals surface area contributed by atoms with E-state index in [1.807, 2.05) is 6.07 Å². The summed E-state index contributed by atoms with van der Waals surface area (Å²) in [6.45, 7) is 1.68. The van der Waals surface area contributed by atoms with E-state index in [4.69, 9.17) is 5.26 Å². The molecule has 0 aliphatic heterocycles. The third-order valence-electron chi connectivity index (χ3n) is 4.27. The third kappa shape index (κ3) is 4.30. The summed E-state index contributed by atoms with van der Waals surface area (Å²) in [7, 11) is -2.56. The number of carbonyl (C=O) groups excluding carboxylic acids is 1. The number of aromatic nitrogens is 1. The largest absolute Gasteiger partial charge is 0.345 e. The number of H-pyrrole nitrogens is 1. The fourth-order valence-corrected chi connectivity index (χ4v) is 4.08. The van der Waals surface area contributed by atoms with Crippen molar-refractivity contribution >= 4 is 26.8 Å². The van der Waals surface area contributed by atoms with Crippen LogP contribution in [0.5, 0.6) is 0 Å². The van der Waals surface area contributed by atoms with Gasteiger partial charge in [-0.2, -0.15) is 9.57 Å². The first kappa shape index (κ1) is 19.0. The molecule has 140 valence electrons. The van der Waals surface area contributed by atoms with Gasteiger partial charge >= 0.3 is 0 Å². The Bertz CT molecular complexity index is 1100. The van der Waals surface area contributed by atoms with Crippen molar-refractivity contribution < 1.29 is 13.2 Å². The number of hydrogen-bond donors (Lipinski definition) is 2. The van der Waals surface area contributed by atoms with Gasteiger partial charge in [0, 0.05) is 18.4 Å². The maximum atomic E-state index is 13.0. The summed E-state index contributed by atoms with van der Waals surface area (Å²) in [5.74, 6) is 5.94. The number of amides is 1. The number of benzene rings is 1. The lowest BCUT2D eigenvalue weighted by Gasteiger charge is -2.17. The van der Waals surface area contributed by atoms with Crippen molar-refractivity contribution in [2.24, 2.45) is 5.92 Å². The molecule has 2 N–H and O–H groups in total. The van der Waals surface area contributed by atoms with Crippen LogP contribution in [-0.4, -0.2) is 43.8 Å². The SMILES string of the molecule is Cc1cc(S(=O)(=O)N(C)CC(=O)NCC#CC2CC2)c2[nH]c(C#N)cc2c1. The topological polar surface area (TPSA) is 106 Å². The molecule has 1 aromatic carbocycles. The van der Waals surface area contributed by atoms with Crippen molar-refractivity contribution in [2.75, 3.05) is 20.1 Å². The Labute approximate surface area is 158 Å². The van der Waals surface area contributed by atoms with Crippen LogP contribution in [-0.2, 0) is 14.8 Å². The summed E-state index contributed by atoms with van der Waals surface area (Å²) in [6.07, 6.45) is 2.22. The molecule has 3 rings (SSSR count). The summed E-state index contributed by atoms with van der Waals surface area (Å²) < 4.78 is 26.9. The van der Waals surface area contributed by atoms with Crippen LogP contribution in [0.15, 0.2) is 23.1 Å². The van der Waals surface area contributed by atoms with Gasteiger partial charge < -0.3 is 10.3 Å². The molecule has 0 radical (unpaired) electrons. The van der Waals surface area contributed by atoms with E-state index in [1.165, 1.54) is 13.1 Å². The van der Waals surface area contributed by atoms with Gasteiger partial charge in [0.2, 0.25) is 15.9 Å². The normalized spacial score (nSPS) is 13.9. The molecule has 1 amide bonds. The molecule has 8 heteroatoms. The molecular formula is C19H20N4O3S. The molecular weight excluding hydrogens is 364 g/mol. The number of fused-ring (bicyclic) bond motifs is 1. The first-order chi connectivity index (χ1) is 12.8. The van der Waals surface area contributed by atoms with Gasteiger partial charge in [0.05, 0.1) is 18.6 Å². The zero-order valence-corrected chi connectivity index (χ0v) is 16.0. The van der Waals surface area contributed by atoms with Crippen LogP contribution >= 0.6 is 0 Å². The standard InChI is InChI=1S/C19H20N4O3S/c1-13-8-15-10-16(11-20)22-19(15)17(9-13)27(25,26)23(2)12-18(24)21-7-3-4-14-5-6-14/h8-10,14,22H,5-7,12H2,1-2H3,(H,21,24). The molecule has 2 aromatic rings. The summed E-state index contributed by atoms with van der Waals surface area (Å²) in [5.41, 5.74) is 1.39. The van der Waals surface area contributed by atoms with Crippen molar-refractivity contribution in [3.05, 3.63) is 29.5 Å². The highest BCUT2D eigenvalue weighted by Gasteiger charge is 2.26. The number of hydrogen-bond acceptors (Lipinski definition) is 4. The molecule has 1 saturated carbocycles. The van der Waals surface area contributed by atoms with Crippen LogP contribution in [0.25, 0.3) is 10.9 Å². The number of sulfonamides is 1. The van der Waals surface area contributed by atoms with E-state index >= 15 is 0 Å². The van der Waals surface area contributed by atoms with E-state index in [9.17, 15) is 13.2 Å². The minimum atomic E-state index is -3.92. The Kier molecular flexibility index (Phi) is 5.22. The minimum absolute atomic E-state index is 0.0443. The smallest absolute Gasteiger partial charge is 0.245 e. The van der Waals surface area contributed by atoms with Crippen LogP contribution in [0.1, 0.15) is 24.1 Å². The van der Waals surface area contributed by atoms with Gasteiger partial charge in [0.25, 0.3) is 0 Å². The van der Waals surface area contributed by atoms with Crippen molar-refractivity contribution in [1.29, 1.82) is 5.26 Å². The number of carbonyl (C=O) groups is 1. The van der Waals surface area contributed by atoms with Gasteiger partial charge in [0.15, 0.2) is 0 Å². The van der Waals surface area contributed by atoms with Crippen molar-refractivity contribution in [3.63, 3.8) is 0 Å². The lowest BCUT2D eigenvalue weighted by molar-refractivity contribution is -0.120. The van der Waals surface area contributed by atoms with Crippen molar-refractivity contribution in [3.8, 4) is 17.9 Å². The Balaban J connectivity index is 1.78. The van der Waals surface area contributed by atoms with Gasteiger partial charge in [0.1, 0.15) is 16.7 Å². The highest BCUT2D eigenvalue weighted by molar-refractivity contribution is 7.89. The predicted molar refractivity (Wildman–Crippen MR) is 101 cm³/mol. The predicted octanol–water partition coefficient (Wildman–Crippen LogP) is 1.50. The number of rotatable bonds is 5. The number of aromatic amines is 1. The average Bonchev–Trinajstić information content (AvgIpc) is 3.35. The quantitative estimate of drug-likeness (QED) is 0.762. The molecule has 7 nitrogen and oxygen atoms in total. The molecule has 0 unspecified atom stereocenters. The van der Waals surface area contributed by atoms with Gasteiger partial charge in [-0.05, 0) is 43.5 Å². The fraction of sp³-hybridized carbons (Fsp3) is 0.368. The number of aryl methyl sites for hydroxylation is 1. The molecule has 0 saturated heterocycles. The molecule has 0 atom stereocenters. The summed E-state index contributed by atoms with van der Waals surface area (Å²) in [5, 5.41) is 12.3. The van der Waals surface area contributed by atoms with Gasteiger partial charge in [-0.1, -0.05) is 11.8 Å². The van der Waals surface area contributed by atoms with E-state index in [0.29, 0.717) is 16.8 Å². The first-order valence-corrected chi connectivity index (χ1v) is 10.00. The van der Waals surface area contributed by atoms with Crippen LogP contribution in [0, 0.1) is 36.0 Å². The van der Waals surface area contributed by atoms with Crippen LogP contribution in [0.4, 0.5) is 0 Å². The molecule has 0 bridgehead atoms. The zero-order valence-electron chi connectivity index (χ0n) is 15.2. The molecule has 1 aromatic heterocycles. The van der Waals surface area contributed by atoms with Crippen LogP contribution in [0.2, 0.25) is 0 Å². The molecule has 1 heterocycles. The summed E-state index contributed by atoms with van der Waals surface area (Å²) in [4.78, 5) is 14.9. The Morgan fingerprint density at radius 2 is 2.11 bits per heavy atom. The lowest BCUT2D eigenvalue weighted by atomic mass is 10.2. The Morgan fingerprint density at radius 1 is 1.37 bits per heavy atom. The van der Waals surface area contributed by atoms with Crippen molar-refractivity contribution in [1.82, 2.24) is 14.6 Å². The first-order valence-electron chi connectivity index (χ1n) is 8.56. The minimum Gasteiger partial charge on any atom is -0.345 e. The van der Waals surface area contributed by atoms with Crippen LogP contribution < -0.4 is 5.32 Å². The highest BCUT2D eigenvalue weighted by atomic mass is 32.2. The Morgan fingerprint density at radius 3 is 2.78 bits per heavy atom. The maximum Gasteiger partial charge on any atom is 0.245 e. The number of nitrogens with one attached hydrogen (secondary N) is 2. The van der Waals surface area contributed by atoms with Gasteiger partial charge in [-0.3, -0.25) is 4.79 Å². The molecule has 1 fully saturated rings. The van der Waals surface area contributed by atoms with E-state index < -0.39 is 15.9 Å². The second kappa shape index (κ2) is 7.43. The van der Waals surface area contributed by atoms with Crippen LogP contribution in [0.3, 0.4) is 0 Å². The number of likely N-dealkylation sites (N-methyl/N-ethyl adjacent to an activating group) is 1. The van der Waals surface area contributed by atoms with E-state index in [0.717, 1.165) is 22.7 Å². The van der Waals surface area contributed by atoms with Crippen molar-refractivity contribution in [2.45, 2.75) is 24.7 Å². The molecule has 1 aliphatic carbocycles. The monoisotopic (exact) mass is 384 g/mol. The summed E-state index contributed by atoms with van der Waals surface area (Å²) >= 11 is 0. The van der Waals surface area contributed by atoms with E-state index in [2.05, 4.69) is 22.1 Å². The van der Waals surface area contributed by atoms with Gasteiger partial charge in [-0.25, -0.2) is 8.42 Å². The number of nitriles is 1. The fourth-order valence-electron chi connectivity index (χ4n) is 2.69. The molecule has 0 spiro atoms. The van der Waals surface area contributed by atoms with Gasteiger partial charge in [-0.15, -0.1) is 0 Å². The van der Waals surface area contributed by atoms with E-state index in [1.54, 1.807) is 19.1 Å². The molecule has 27 heavy (non-hydrogen) atoms. The zero-order chi connectivity index (χ0) is 19.6. The average molecular weight is 384 g/mol. The lowest BCUT2D eigenvalue weighted by Crippen LogP contribution is -2.38.